The Hall–Kier alpha value is -1.46. The number of unbranched alkanes of at least 4 members (excludes halogenated alkanes) is 3. The van der Waals surface area contributed by atoms with E-state index < -0.39 is 0 Å². The third-order valence-corrected chi connectivity index (χ3v) is 3.64. The molecule has 0 aliphatic heterocycles. The Bertz CT molecular complexity index is 511. The highest BCUT2D eigenvalue weighted by Crippen LogP contribution is 2.22. The molecule has 0 fully saturated rings. The van der Waals surface area contributed by atoms with Crippen molar-refractivity contribution in [2.75, 3.05) is 6.61 Å². The summed E-state index contributed by atoms with van der Waals surface area (Å²) in [4.78, 5) is 0. The molecule has 0 spiro atoms. The van der Waals surface area contributed by atoms with Gasteiger partial charge in [-0.25, -0.2) is 0 Å². The van der Waals surface area contributed by atoms with E-state index in [1.165, 1.54) is 19.3 Å². The van der Waals surface area contributed by atoms with Crippen LogP contribution in [0.3, 0.4) is 0 Å². The van der Waals surface area contributed by atoms with Gasteiger partial charge in [-0.3, -0.25) is 0 Å². The largest absolute Gasteiger partial charge is 0.494 e. The second kappa shape index (κ2) is 10.3. The van der Waals surface area contributed by atoms with E-state index in [4.69, 9.17) is 11.2 Å². The van der Waals surface area contributed by atoms with E-state index in [0.29, 0.717) is 6.42 Å². The van der Waals surface area contributed by atoms with Crippen molar-refractivity contribution >= 4 is 15.9 Å². The van der Waals surface area contributed by atoms with Crippen LogP contribution in [0.2, 0.25) is 0 Å². The summed E-state index contributed by atoms with van der Waals surface area (Å²) < 4.78 is 6.80. The van der Waals surface area contributed by atoms with Gasteiger partial charge in [0.05, 0.1) is 6.61 Å². The topological polar surface area (TPSA) is 9.23 Å². The number of allylic oxidation sites excluding steroid dienone is 2. The van der Waals surface area contributed by atoms with Crippen molar-refractivity contribution in [3.05, 3.63) is 53.0 Å². The van der Waals surface area contributed by atoms with Crippen molar-refractivity contribution in [3.8, 4) is 18.1 Å². The molecule has 21 heavy (non-hydrogen) atoms. The molecule has 0 atom stereocenters. The van der Waals surface area contributed by atoms with Crippen LogP contribution in [0.1, 0.15) is 37.7 Å². The van der Waals surface area contributed by atoms with E-state index in [-0.39, 0.29) is 0 Å². The third-order valence-electron chi connectivity index (χ3n) is 3.19. The first-order valence-electron chi connectivity index (χ1n) is 7.31. The van der Waals surface area contributed by atoms with Gasteiger partial charge in [0, 0.05) is 10.9 Å². The zero-order valence-corrected chi connectivity index (χ0v) is 14.1. The molecule has 0 saturated heterocycles. The van der Waals surface area contributed by atoms with Gasteiger partial charge in [-0.15, -0.1) is 12.3 Å². The Labute approximate surface area is 137 Å². The highest BCUT2D eigenvalue weighted by molar-refractivity contribution is 9.10. The summed E-state index contributed by atoms with van der Waals surface area (Å²) in [6.45, 7) is 8.38. The second-order valence-electron chi connectivity index (χ2n) is 5.05. The number of rotatable bonds is 10. The van der Waals surface area contributed by atoms with Gasteiger partial charge < -0.3 is 4.74 Å². The molecule has 0 heterocycles. The number of hydrogen-bond donors (Lipinski definition) is 0. The molecule has 0 bridgehead atoms. The molecule has 0 aliphatic rings. The van der Waals surface area contributed by atoms with Gasteiger partial charge in [-0.05, 0) is 43.0 Å². The van der Waals surface area contributed by atoms with Crippen molar-refractivity contribution in [3.63, 3.8) is 0 Å². The van der Waals surface area contributed by atoms with E-state index in [9.17, 15) is 0 Å². The van der Waals surface area contributed by atoms with Gasteiger partial charge in [0.25, 0.3) is 0 Å². The summed E-state index contributed by atoms with van der Waals surface area (Å²) in [5.74, 6) is 3.54. The average molecular weight is 347 g/mol. The van der Waals surface area contributed by atoms with Crippen molar-refractivity contribution < 1.29 is 4.74 Å². The second-order valence-corrected chi connectivity index (χ2v) is 5.97. The van der Waals surface area contributed by atoms with Crippen LogP contribution < -0.4 is 4.74 Å². The molecule has 1 aromatic carbocycles. The fourth-order valence-electron chi connectivity index (χ4n) is 2.02. The van der Waals surface area contributed by atoms with Crippen LogP contribution in [0, 0.1) is 12.3 Å². The highest BCUT2D eigenvalue weighted by Gasteiger charge is 2.00. The molecule has 1 aromatic rings. The van der Waals surface area contributed by atoms with Gasteiger partial charge in [0.1, 0.15) is 5.75 Å². The molecule has 0 N–H and O–H groups in total. The Morgan fingerprint density at radius 3 is 2.71 bits per heavy atom. The summed E-state index contributed by atoms with van der Waals surface area (Å²) in [7, 11) is 0. The quantitative estimate of drug-likeness (QED) is 0.300. The number of benzene rings is 1. The lowest BCUT2D eigenvalue weighted by molar-refractivity contribution is 0.304. The van der Waals surface area contributed by atoms with Crippen LogP contribution in [0.5, 0.6) is 5.75 Å². The average Bonchev–Trinajstić information content (AvgIpc) is 2.45. The predicted molar refractivity (Wildman–Crippen MR) is 94.6 cm³/mol. The third kappa shape index (κ3) is 7.78. The maximum Gasteiger partial charge on any atom is 0.120 e. The first-order valence-corrected chi connectivity index (χ1v) is 8.11. The summed E-state index contributed by atoms with van der Waals surface area (Å²) in [6, 6.07) is 6.02. The van der Waals surface area contributed by atoms with E-state index >= 15 is 0 Å². The summed E-state index contributed by atoms with van der Waals surface area (Å²) in [5.41, 5.74) is 2.23. The van der Waals surface area contributed by atoms with Crippen LogP contribution in [-0.4, -0.2) is 6.61 Å². The Balaban J connectivity index is 2.22. The molecular weight excluding hydrogens is 324 g/mol. The maximum atomic E-state index is 5.79. The Morgan fingerprint density at radius 1 is 1.24 bits per heavy atom. The number of hydrogen-bond acceptors (Lipinski definition) is 1. The van der Waals surface area contributed by atoms with E-state index in [2.05, 4.69) is 35.0 Å². The van der Waals surface area contributed by atoms with Gasteiger partial charge in [-0.2, -0.15) is 0 Å². The van der Waals surface area contributed by atoms with Crippen LogP contribution >= 0.6 is 15.9 Å². The normalized spacial score (nSPS) is 9.90. The smallest absolute Gasteiger partial charge is 0.120 e. The summed E-state index contributed by atoms with van der Waals surface area (Å²) in [6.07, 6.45) is 13.5. The predicted octanol–water partition coefficient (Wildman–Crippen LogP) is 5.70. The summed E-state index contributed by atoms with van der Waals surface area (Å²) in [5, 5.41) is 0. The lowest BCUT2D eigenvalue weighted by Crippen LogP contribution is -1.98. The minimum atomic E-state index is 0.628. The molecule has 0 amide bonds. The molecule has 1 rings (SSSR count). The van der Waals surface area contributed by atoms with Crippen molar-refractivity contribution in [1.29, 1.82) is 0 Å². The molecule has 1 nitrogen and oxygen atoms in total. The van der Waals surface area contributed by atoms with Crippen LogP contribution in [0.4, 0.5) is 0 Å². The van der Waals surface area contributed by atoms with Gasteiger partial charge in [0.2, 0.25) is 0 Å². The SMILES string of the molecule is C#CCc1cc(Br)cc(OCCCCCCC(=C)C=C)c1. The van der Waals surface area contributed by atoms with Crippen molar-refractivity contribution in [2.45, 2.75) is 38.5 Å². The standard InChI is InChI=1S/C19H23BrO/c1-4-10-17-13-18(20)15-19(14-17)21-12-9-7-6-8-11-16(3)5-2/h1,5,13-15H,2-3,6-12H2. The van der Waals surface area contributed by atoms with Crippen molar-refractivity contribution in [1.82, 2.24) is 0 Å². The monoisotopic (exact) mass is 346 g/mol. The van der Waals surface area contributed by atoms with Gasteiger partial charge in [0.15, 0.2) is 0 Å². The van der Waals surface area contributed by atoms with Gasteiger partial charge >= 0.3 is 0 Å². The maximum absolute atomic E-state index is 5.79. The first-order chi connectivity index (χ1) is 10.2. The highest BCUT2D eigenvalue weighted by atomic mass is 79.9. The summed E-state index contributed by atoms with van der Waals surface area (Å²) >= 11 is 3.48. The Morgan fingerprint density at radius 2 is 2.00 bits per heavy atom. The molecule has 0 aromatic heterocycles. The molecule has 112 valence electrons. The van der Waals surface area contributed by atoms with Crippen molar-refractivity contribution in [2.24, 2.45) is 0 Å². The lowest BCUT2D eigenvalue weighted by atomic mass is 10.1. The molecule has 2 heteroatoms. The van der Waals surface area contributed by atoms with E-state index in [1.54, 1.807) is 0 Å². The molecule has 0 saturated carbocycles. The minimum absolute atomic E-state index is 0.628. The number of terminal acetylenes is 1. The number of halogens is 1. The molecule has 0 unspecified atom stereocenters. The van der Waals surface area contributed by atoms with Crippen LogP contribution in [-0.2, 0) is 6.42 Å². The van der Waals surface area contributed by atoms with Crippen LogP contribution in [0.25, 0.3) is 0 Å². The zero-order valence-electron chi connectivity index (χ0n) is 12.5. The fourth-order valence-corrected chi connectivity index (χ4v) is 2.54. The zero-order chi connectivity index (χ0) is 15.5. The Kier molecular flexibility index (Phi) is 8.62. The fraction of sp³-hybridized carbons (Fsp3) is 0.368. The number of ether oxygens (including phenoxy) is 1. The van der Waals surface area contributed by atoms with E-state index in [1.807, 2.05) is 24.3 Å². The van der Waals surface area contributed by atoms with Gasteiger partial charge in [-0.1, -0.05) is 53.6 Å². The van der Waals surface area contributed by atoms with E-state index in [0.717, 1.165) is 40.8 Å². The minimum Gasteiger partial charge on any atom is -0.494 e. The molecule has 0 radical (unpaired) electrons. The lowest BCUT2D eigenvalue weighted by Gasteiger charge is -2.08. The molecule has 0 aliphatic carbocycles. The van der Waals surface area contributed by atoms with Crippen LogP contribution in [0.15, 0.2) is 47.5 Å². The molecular formula is C19H23BrO. The first kappa shape index (κ1) is 17.6.